The van der Waals surface area contributed by atoms with Crippen LogP contribution in [0, 0.1) is 5.82 Å². The molecule has 0 aliphatic rings. The standard InChI is InChI=1S/C24H31FN6O2/c1-5-31(6-2)14-8-13-30(4)20-15-21(29-24(32)33-7-3)28-23-22(20)27-19(16-26-23)17-9-11-18(25)12-10-17/h9-12,15-16H,5-8,13-14H2,1-4H3,(H,26,28,29,32). The quantitative estimate of drug-likeness (QED) is 0.480. The highest BCUT2D eigenvalue weighted by Crippen LogP contribution is 2.28. The van der Waals surface area contributed by atoms with Crippen molar-refractivity contribution in [2.75, 3.05) is 50.1 Å². The van der Waals surface area contributed by atoms with Gasteiger partial charge in [0.25, 0.3) is 0 Å². The zero-order chi connectivity index (χ0) is 23.8. The van der Waals surface area contributed by atoms with E-state index in [0.717, 1.165) is 43.9 Å². The normalized spacial score (nSPS) is 11.1. The molecular weight excluding hydrogens is 423 g/mol. The Labute approximate surface area is 193 Å². The molecule has 176 valence electrons. The Balaban J connectivity index is 1.96. The largest absolute Gasteiger partial charge is 0.450 e. The minimum absolute atomic E-state index is 0.262. The Morgan fingerprint density at radius 3 is 2.48 bits per heavy atom. The number of benzene rings is 1. The van der Waals surface area contributed by atoms with Gasteiger partial charge in [0.2, 0.25) is 0 Å². The van der Waals surface area contributed by atoms with E-state index in [0.29, 0.717) is 22.7 Å². The Bertz CT molecular complexity index is 1070. The molecule has 1 N–H and O–H groups in total. The number of fused-ring (bicyclic) bond motifs is 1. The molecule has 0 saturated carbocycles. The number of pyridine rings is 1. The van der Waals surface area contributed by atoms with Gasteiger partial charge in [0.05, 0.1) is 24.2 Å². The van der Waals surface area contributed by atoms with E-state index in [2.05, 4.69) is 38.9 Å². The van der Waals surface area contributed by atoms with Crippen molar-refractivity contribution < 1.29 is 13.9 Å². The fourth-order valence-corrected chi connectivity index (χ4v) is 3.56. The van der Waals surface area contributed by atoms with Crippen molar-refractivity contribution in [3.8, 4) is 11.3 Å². The second-order valence-corrected chi connectivity index (χ2v) is 7.61. The number of nitrogens with one attached hydrogen (secondary N) is 1. The van der Waals surface area contributed by atoms with Gasteiger partial charge in [-0.1, -0.05) is 13.8 Å². The molecule has 0 spiro atoms. The first-order chi connectivity index (χ1) is 15.9. The first-order valence-corrected chi connectivity index (χ1v) is 11.3. The molecule has 0 aliphatic heterocycles. The fraction of sp³-hybridized carbons (Fsp3) is 0.417. The molecule has 0 radical (unpaired) electrons. The lowest BCUT2D eigenvalue weighted by atomic mass is 10.1. The molecule has 1 aromatic carbocycles. The van der Waals surface area contributed by atoms with E-state index in [-0.39, 0.29) is 12.4 Å². The number of anilines is 2. The van der Waals surface area contributed by atoms with Crippen molar-refractivity contribution in [3.05, 3.63) is 42.3 Å². The predicted molar refractivity (Wildman–Crippen MR) is 129 cm³/mol. The van der Waals surface area contributed by atoms with Crippen LogP contribution in [0.5, 0.6) is 0 Å². The summed E-state index contributed by atoms with van der Waals surface area (Å²) in [4.78, 5) is 30.1. The number of halogens is 1. The third-order valence-electron chi connectivity index (χ3n) is 5.41. The van der Waals surface area contributed by atoms with Crippen LogP contribution in [0.15, 0.2) is 36.5 Å². The van der Waals surface area contributed by atoms with Gasteiger partial charge in [-0.3, -0.25) is 5.32 Å². The van der Waals surface area contributed by atoms with E-state index < -0.39 is 6.09 Å². The number of hydrogen-bond acceptors (Lipinski definition) is 7. The van der Waals surface area contributed by atoms with Crippen molar-refractivity contribution in [3.63, 3.8) is 0 Å². The second-order valence-electron chi connectivity index (χ2n) is 7.61. The van der Waals surface area contributed by atoms with E-state index in [1.54, 1.807) is 31.3 Å². The molecule has 3 aromatic rings. The molecule has 0 fully saturated rings. The van der Waals surface area contributed by atoms with E-state index in [1.165, 1.54) is 12.1 Å². The third kappa shape index (κ3) is 6.35. The molecule has 3 rings (SSSR count). The molecule has 0 saturated heterocycles. The minimum Gasteiger partial charge on any atom is -0.450 e. The van der Waals surface area contributed by atoms with E-state index in [4.69, 9.17) is 9.72 Å². The average molecular weight is 455 g/mol. The Morgan fingerprint density at radius 2 is 1.82 bits per heavy atom. The van der Waals surface area contributed by atoms with Crippen LogP contribution in [0.1, 0.15) is 27.2 Å². The summed E-state index contributed by atoms with van der Waals surface area (Å²) >= 11 is 0. The molecule has 2 aromatic heterocycles. The second kappa shape index (κ2) is 11.5. The molecule has 33 heavy (non-hydrogen) atoms. The maximum Gasteiger partial charge on any atom is 0.412 e. The molecule has 0 unspecified atom stereocenters. The Morgan fingerprint density at radius 1 is 1.09 bits per heavy atom. The smallest absolute Gasteiger partial charge is 0.412 e. The number of rotatable bonds is 10. The van der Waals surface area contributed by atoms with Gasteiger partial charge < -0.3 is 14.5 Å². The number of aromatic nitrogens is 3. The molecule has 0 atom stereocenters. The van der Waals surface area contributed by atoms with Crippen molar-refractivity contribution in [1.29, 1.82) is 0 Å². The van der Waals surface area contributed by atoms with Crippen LogP contribution in [0.4, 0.5) is 20.7 Å². The summed E-state index contributed by atoms with van der Waals surface area (Å²) in [5.41, 5.74) is 3.18. The van der Waals surface area contributed by atoms with Crippen LogP contribution in [-0.2, 0) is 4.74 Å². The molecular formula is C24H31FN6O2. The number of hydrogen-bond donors (Lipinski definition) is 1. The van der Waals surface area contributed by atoms with Gasteiger partial charge in [-0.2, -0.15) is 0 Å². The summed E-state index contributed by atoms with van der Waals surface area (Å²) in [6.45, 7) is 10.1. The first kappa shape index (κ1) is 24.3. The highest BCUT2D eigenvalue weighted by Gasteiger charge is 2.16. The number of nitrogens with zero attached hydrogens (tertiary/aromatic N) is 5. The van der Waals surface area contributed by atoms with Crippen molar-refractivity contribution in [2.45, 2.75) is 27.2 Å². The SMILES string of the molecule is CCOC(=O)Nc1cc(N(C)CCCN(CC)CC)c2nc(-c3ccc(F)cc3)cnc2n1. The van der Waals surface area contributed by atoms with Gasteiger partial charge in [0.15, 0.2) is 5.65 Å². The number of ether oxygens (including phenoxy) is 1. The predicted octanol–water partition coefficient (Wildman–Crippen LogP) is 4.57. The molecule has 0 bridgehead atoms. The summed E-state index contributed by atoms with van der Waals surface area (Å²) in [6, 6.07) is 7.91. The van der Waals surface area contributed by atoms with Crippen LogP contribution in [0.3, 0.4) is 0 Å². The number of carbonyl (C=O) groups excluding carboxylic acids is 1. The van der Waals surface area contributed by atoms with Gasteiger partial charge in [0.1, 0.15) is 17.2 Å². The molecule has 1 amide bonds. The Hall–Kier alpha value is -3.33. The van der Waals surface area contributed by atoms with Crippen LogP contribution in [-0.4, -0.2) is 65.8 Å². The lowest BCUT2D eigenvalue weighted by molar-refractivity contribution is 0.168. The summed E-state index contributed by atoms with van der Waals surface area (Å²) in [5, 5.41) is 2.66. The average Bonchev–Trinajstić information content (AvgIpc) is 2.81. The lowest BCUT2D eigenvalue weighted by Gasteiger charge is -2.24. The van der Waals surface area contributed by atoms with E-state index >= 15 is 0 Å². The zero-order valence-electron chi connectivity index (χ0n) is 19.6. The topological polar surface area (TPSA) is 83.5 Å². The highest BCUT2D eigenvalue weighted by atomic mass is 19.1. The first-order valence-electron chi connectivity index (χ1n) is 11.3. The number of carbonyl (C=O) groups is 1. The van der Waals surface area contributed by atoms with Gasteiger partial charge in [0, 0.05) is 25.2 Å². The summed E-state index contributed by atoms with van der Waals surface area (Å²) in [6.07, 6.45) is 1.99. The summed E-state index contributed by atoms with van der Waals surface area (Å²) in [7, 11) is 1.98. The van der Waals surface area contributed by atoms with Crippen LogP contribution in [0.2, 0.25) is 0 Å². The maximum atomic E-state index is 13.4. The molecule has 8 nitrogen and oxygen atoms in total. The minimum atomic E-state index is -0.574. The lowest BCUT2D eigenvalue weighted by Crippen LogP contribution is -2.28. The zero-order valence-corrected chi connectivity index (χ0v) is 19.6. The van der Waals surface area contributed by atoms with Crippen molar-refractivity contribution in [1.82, 2.24) is 19.9 Å². The van der Waals surface area contributed by atoms with Gasteiger partial charge >= 0.3 is 6.09 Å². The van der Waals surface area contributed by atoms with Gasteiger partial charge in [-0.25, -0.2) is 24.1 Å². The summed E-state index contributed by atoms with van der Waals surface area (Å²) < 4.78 is 18.3. The van der Waals surface area contributed by atoms with Gasteiger partial charge in [-0.15, -0.1) is 0 Å². The summed E-state index contributed by atoms with van der Waals surface area (Å²) in [5.74, 6) is 0.0350. The third-order valence-corrected chi connectivity index (χ3v) is 5.41. The van der Waals surface area contributed by atoms with Crippen LogP contribution >= 0.6 is 0 Å². The van der Waals surface area contributed by atoms with Gasteiger partial charge in [-0.05, 0) is 57.2 Å². The van der Waals surface area contributed by atoms with E-state index in [9.17, 15) is 9.18 Å². The van der Waals surface area contributed by atoms with Crippen molar-refractivity contribution >= 4 is 28.8 Å². The molecule has 9 heteroatoms. The Kier molecular flexibility index (Phi) is 8.48. The maximum absolute atomic E-state index is 13.4. The van der Waals surface area contributed by atoms with Crippen molar-refractivity contribution in [2.24, 2.45) is 0 Å². The van der Waals surface area contributed by atoms with Crippen LogP contribution in [0.25, 0.3) is 22.4 Å². The molecule has 0 aliphatic carbocycles. The highest BCUT2D eigenvalue weighted by molar-refractivity contribution is 5.92. The monoisotopic (exact) mass is 454 g/mol. The van der Waals surface area contributed by atoms with E-state index in [1.807, 2.05) is 7.05 Å². The fourth-order valence-electron chi connectivity index (χ4n) is 3.56. The number of amides is 1. The molecule has 2 heterocycles. The van der Waals surface area contributed by atoms with Crippen LogP contribution < -0.4 is 10.2 Å².